The Morgan fingerprint density at radius 3 is 2.86 bits per heavy atom. The molecule has 21 heavy (non-hydrogen) atoms. The summed E-state index contributed by atoms with van der Waals surface area (Å²) in [5.74, 6) is -0.139. The zero-order chi connectivity index (χ0) is 14.8. The van der Waals surface area contributed by atoms with Crippen molar-refractivity contribution in [2.45, 2.75) is 6.54 Å². The van der Waals surface area contributed by atoms with Crippen LogP contribution in [0.25, 0.3) is 5.65 Å². The zero-order valence-electron chi connectivity index (χ0n) is 10.9. The molecule has 0 aliphatic carbocycles. The molecule has 0 aliphatic heterocycles. The lowest BCUT2D eigenvalue weighted by molar-refractivity contribution is 0.0950. The first kappa shape index (κ1) is 14.1. The molecule has 3 rings (SSSR count). The van der Waals surface area contributed by atoms with Crippen LogP contribution in [0.1, 0.15) is 16.1 Å². The van der Waals surface area contributed by atoms with E-state index in [1.165, 1.54) is 0 Å². The van der Waals surface area contributed by atoms with Gasteiger partial charge in [-0.1, -0.05) is 39.7 Å². The molecule has 0 saturated carbocycles. The van der Waals surface area contributed by atoms with Crippen LogP contribution in [0.2, 0.25) is 5.15 Å². The molecule has 2 heterocycles. The fraction of sp³-hybridized carbons (Fsp3) is 0.0667. The van der Waals surface area contributed by atoms with Crippen molar-refractivity contribution in [2.24, 2.45) is 0 Å². The van der Waals surface area contributed by atoms with Crippen molar-refractivity contribution in [3.05, 3.63) is 69.5 Å². The summed E-state index contributed by atoms with van der Waals surface area (Å²) >= 11 is 9.42. The molecule has 1 N–H and O–H groups in total. The lowest BCUT2D eigenvalue weighted by atomic mass is 10.2. The molecule has 0 spiro atoms. The van der Waals surface area contributed by atoms with Gasteiger partial charge in [-0.05, 0) is 30.3 Å². The maximum Gasteiger partial charge on any atom is 0.251 e. The van der Waals surface area contributed by atoms with Gasteiger partial charge in [0.05, 0.1) is 12.2 Å². The van der Waals surface area contributed by atoms with E-state index in [0.29, 0.717) is 17.3 Å². The van der Waals surface area contributed by atoms with E-state index in [0.717, 1.165) is 15.8 Å². The predicted molar refractivity (Wildman–Crippen MR) is 85.5 cm³/mol. The fourth-order valence-corrected chi connectivity index (χ4v) is 2.62. The lowest BCUT2D eigenvalue weighted by Crippen LogP contribution is -2.22. The number of nitrogens with one attached hydrogen (secondary N) is 1. The number of pyridine rings is 1. The van der Waals surface area contributed by atoms with Crippen LogP contribution in [0.3, 0.4) is 0 Å². The zero-order valence-corrected chi connectivity index (χ0v) is 13.2. The van der Waals surface area contributed by atoms with Gasteiger partial charge < -0.3 is 5.32 Å². The second kappa shape index (κ2) is 5.87. The lowest BCUT2D eigenvalue weighted by Gasteiger charge is -2.03. The fourth-order valence-electron chi connectivity index (χ4n) is 2.02. The highest BCUT2D eigenvalue weighted by Crippen LogP contribution is 2.14. The van der Waals surface area contributed by atoms with Gasteiger partial charge in [-0.15, -0.1) is 0 Å². The van der Waals surface area contributed by atoms with E-state index >= 15 is 0 Å². The van der Waals surface area contributed by atoms with Gasteiger partial charge in [0.2, 0.25) is 0 Å². The molecular formula is C15H11BrClN3O. The van der Waals surface area contributed by atoms with Gasteiger partial charge in [0.15, 0.2) is 0 Å². The first-order valence-electron chi connectivity index (χ1n) is 6.30. The third-order valence-electron chi connectivity index (χ3n) is 3.01. The minimum absolute atomic E-state index is 0.139. The van der Waals surface area contributed by atoms with Crippen molar-refractivity contribution in [1.82, 2.24) is 14.7 Å². The van der Waals surface area contributed by atoms with E-state index in [4.69, 9.17) is 11.6 Å². The summed E-state index contributed by atoms with van der Waals surface area (Å²) in [6.07, 6.45) is 1.82. The van der Waals surface area contributed by atoms with Gasteiger partial charge >= 0.3 is 0 Å². The molecule has 0 saturated heterocycles. The Morgan fingerprint density at radius 1 is 1.29 bits per heavy atom. The average molecular weight is 365 g/mol. The number of hydrogen-bond donors (Lipinski definition) is 1. The molecule has 0 atom stereocenters. The summed E-state index contributed by atoms with van der Waals surface area (Å²) in [6, 6.07) is 12.7. The van der Waals surface area contributed by atoms with Crippen molar-refractivity contribution in [1.29, 1.82) is 0 Å². The maximum atomic E-state index is 12.1. The molecule has 0 bridgehead atoms. The Hall–Kier alpha value is -1.85. The standard InChI is InChI=1S/C15H11BrClN3O/c16-11-4-1-3-10(7-11)15(21)18-8-12-9-20-13(17)5-2-6-14(20)19-12/h1-7,9H,8H2,(H,18,21). The molecule has 0 unspecified atom stereocenters. The molecule has 2 aromatic heterocycles. The molecule has 6 heteroatoms. The number of aromatic nitrogens is 2. The first-order chi connectivity index (χ1) is 10.1. The molecule has 0 fully saturated rings. The Bertz CT molecular complexity index is 816. The van der Waals surface area contributed by atoms with Crippen molar-refractivity contribution >= 4 is 39.1 Å². The second-order valence-electron chi connectivity index (χ2n) is 4.50. The Labute approximate surface area is 134 Å². The molecule has 4 nitrogen and oxygen atoms in total. The first-order valence-corrected chi connectivity index (χ1v) is 7.47. The van der Waals surface area contributed by atoms with E-state index in [1.807, 2.05) is 30.5 Å². The van der Waals surface area contributed by atoms with Crippen LogP contribution >= 0.6 is 27.5 Å². The summed E-state index contributed by atoms with van der Waals surface area (Å²) in [4.78, 5) is 16.5. The van der Waals surface area contributed by atoms with Gasteiger partial charge in [0.25, 0.3) is 5.91 Å². The molecule has 106 valence electrons. The third-order valence-corrected chi connectivity index (χ3v) is 3.81. The van der Waals surface area contributed by atoms with Crippen LogP contribution in [0, 0.1) is 0 Å². The summed E-state index contributed by atoms with van der Waals surface area (Å²) in [7, 11) is 0. The van der Waals surface area contributed by atoms with E-state index in [1.54, 1.807) is 22.6 Å². The monoisotopic (exact) mass is 363 g/mol. The summed E-state index contributed by atoms with van der Waals surface area (Å²) in [5, 5.41) is 3.43. The van der Waals surface area contributed by atoms with E-state index in [9.17, 15) is 4.79 Å². The highest BCUT2D eigenvalue weighted by Gasteiger charge is 2.08. The predicted octanol–water partition coefficient (Wildman–Crippen LogP) is 3.68. The van der Waals surface area contributed by atoms with Crippen LogP contribution in [-0.2, 0) is 6.54 Å². The van der Waals surface area contributed by atoms with Crippen LogP contribution in [-0.4, -0.2) is 15.3 Å². The smallest absolute Gasteiger partial charge is 0.251 e. The number of fused-ring (bicyclic) bond motifs is 1. The second-order valence-corrected chi connectivity index (χ2v) is 5.80. The summed E-state index contributed by atoms with van der Waals surface area (Å²) in [5.41, 5.74) is 2.12. The highest BCUT2D eigenvalue weighted by molar-refractivity contribution is 9.10. The molecule has 0 aliphatic rings. The van der Waals surface area contributed by atoms with Gasteiger partial charge in [-0.3, -0.25) is 9.20 Å². The molecular weight excluding hydrogens is 354 g/mol. The Balaban J connectivity index is 1.74. The minimum atomic E-state index is -0.139. The van der Waals surface area contributed by atoms with Gasteiger partial charge in [0.1, 0.15) is 10.8 Å². The summed E-state index contributed by atoms with van der Waals surface area (Å²) in [6.45, 7) is 0.351. The average Bonchev–Trinajstić information content (AvgIpc) is 2.89. The number of carbonyl (C=O) groups excluding carboxylic acids is 1. The number of imidazole rings is 1. The topological polar surface area (TPSA) is 46.4 Å². The molecule has 0 radical (unpaired) electrons. The van der Waals surface area contributed by atoms with Gasteiger partial charge in [-0.2, -0.15) is 0 Å². The van der Waals surface area contributed by atoms with E-state index in [2.05, 4.69) is 26.2 Å². The third kappa shape index (κ3) is 3.09. The van der Waals surface area contributed by atoms with Gasteiger partial charge in [-0.25, -0.2) is 4.98 Å². The highest BCUT2D eigenvalue weighted by atomic mass is 79.9. The molecule has 1 amide bonds. The molecule has 3 aromatic rings. The number of hydrogen-bond acceptors (Lipinski definition) is 2. The van der Waals surface area contributed by atoms with Crippen LogP contribution < -0.4 is 5.32 Å². The largest absolute Gasteiger partial charge is 0.346 e. The Morgan fingerprint density at radius 2 is 2.10 bits per heavy atom. The van der Waals surface area contributed by atoms with E-state index in [-0.39, 0.29) is 5.91 Å². The number of carbonyl (C=O) groups is 1. The minimum Gasteiger partial charge on any atom is -0.346 e. The number of nitrogens with zero attached hydrogens (tertiary/aromatic N) is 2. The number of rotatable bonds is 3. The molecule has 1 aromatic carbocycles. The van der Waals surface area contributed by atoms with Crippen LogP contribution in [0.15, 0.2) is 53.1 Å². The number of halogens is 2. The number of benzene rings is 1. The Kier molecular flexibility index (Phi) is 3.94. The summed E-state index contributed by atoms with van der Waals surface area (Å²) < 4.78 is 2.65. The maximum absolute atomic E-state index is 12.1. The van der Waals surface area contributed by atoms with Crippen molar-refractivity contribution in [2.75, 3.05) is 0 Å². The van der Waals surface area contributed by atoms with Crippen molar-refractivity contribution in [3.8, 4) is 0 Å². The quantitative estimate of drug-likeness (QED) is 0.721. The van der Waals surface area contributed by atoms with E-state index < -0.39 is 0 Å². The van der Waals surface area contributed by atoms with Crippen molar-refractivity contribution in [3.63, 3.8) is 0 Å². The van der Waals surface area contributed by atoms with Crippen molar-refractivity contribution < 1.29 is 4.79 Å². The number of amides is 1. The van der Waals surface area contributed by atoms with Crippen LogP contribution in [0.4, 0.5) is 0 Å². The SMILES string of the molecule is O=C(NCc1cn2c(Cl)cccc2n1)c1cccc(Br)c1. The van der Waals surface area contributed by atoms with Crippen LogP contribution in [0.5, 0.6) is 0 Å². The van der Waals surface area contributed by atoms with Gasteiger partial charge in [0, 0.05) is 16.2 Å². The normalized spacial score (nSPS) is 10.8.